The van der Waals surface area contributed by atoms with Crippen LogP contribution >= 0.6 is 37.2 Å². The van der Waals surface area contributed by atoms with Crippen LogP contribution in [0.25, 0.3) is 0 Å². The third-order valence-corrected chi connectivity index (χ3v) is 0.939. The molecular weight excluding hydrogens is 393 g/mol. The van der Waals surface area contributed by atoms with Gasteiger partial charge in [-0.25, -0.2) is 12.2 Å². The first-order chi connectivity index (χ1) is 4.41. The first kappa shape index (κ1) is 29.2. The fraction of sp³-hybridized carbons (Fsp3) is 0.444. The molecule has 0 N–H and O–H groups in total. The summed E-state index contributed by atoms with van der Waals surface area (Å²) < 4.78 is 0. The molecule has 0 amide bonds. The topological polar surface area (TPSA) is 0 Å². The van der Waals surface area contributed by atoms with E-state index in [4.69, 9.17) is 0 Å². The average Bonchev–Trinajstić information content (AvgIpc) is 2.43. The van der Waals surface area contributed by atoms with E-state index in [2.05, 4.69) is 26.0 Å². The van der Waals surface area contributed by atoms with Crippen LogP contribution in [-0.4, -0.2) is 0 Å². The molecule has 1 aliphatic carbocycles. The van der Waals surface area contributed by atoms with Gasteiger partial charge in [-0.3, -0.25) is 6.08 Å². The molecule has 0 radical (unpaired) electrons. The van der Waals surface area contributed by atoms with Crippen LogP contribution in [0, 0.1) is 13.0 Å². The van der Waals surface area contributed by atoms with E-state index in [1.165, 1.54) is 6.42 Å². The van der Waals surface area contributed by atoms with Gasteiger partial charge >= 0.3 is 0 Å². The quantitative estimate of drug-likeness (QED) is 0.450. The maximum atomic E-state index is 3.60. The van der Waals surface area contributed by atoms with Gasteiger partial charge in [-0.1, -0.05) is 13.3 Å². The fourth-order valence-electron chi connectivity index (χ4n) is 0.340. The Morgan fingerprint density at radius 3 is 1.85 bits per heavy atom. The minimum absolute atomic E-state index is 0. The zero-order valence-electron chi connectivity index (χ0n) is 7.79. The number of allylic oxidation sites excluding steroid dienone is 4. The molecule has 1 aliphatic rings. The van der Waals surface area contributed by atoms with Crippen molar-refractivity contribution in [1.29, 1.82) is 0 Å². The number of rotatable bonds is 1. The van der Waals surface area contributed by atoms with Gasteiger partial charge in [-0.15, -0.1) is 43.6 Å². The van der Waals surface area contributed by atoms with Crippen molar-refractivity contribution in [3.8, 4) is 0 Å². The van der Waals surface area contributed by atoms with Crippen LogP contribution < -0.4 is 0 Å². The van der Waals surface area contributed by atoms with Crippen molar-refractivity contribution in [3.05, 3.63) is 31.2 Å². The molecule has 0 saturated heterocycles. The Hall–Kier alpha value is 1.22. The molecule has 0 aromatic carbocycles. The van der Waals surface area contributed by atoms with Crippen molar-refractivity contribution in [2.45, 2.75) is 26.2 Å². The standard InChI is InChI=1S/C5H5.C4H9.3ClH.Hf/c1-2-4-5-3-1;1-3-4-2;;;;/h1-3H,4H2;1,3-4H2,2H3;3*1H;/q2*-1;;;;. The Morgan fingerprint density at radius 2 is 1.77 bits per heavy atom. The molecule has 13 heavy (non-hydrogen) atoms. The summed E-state index contributed by atoms with van der Waals surface area (Å²) in [5.41, 5.74) is 0. The Bertz CT molecular complexity index is 91.0. The predicted octanol–water partition coefficient (Wildman–Crippen LogP) is 4.19. The van der Waals surface area contributed by atoms with Crippen molar-refractivity contribution in [1.82, 2.24) is 0 Å². The minimum atomic E-state index is 0. The summed E-state index contributed by atoms with van der Waals surface area (Å²) in [6.07, 6.45) is 12.3. The monoisotopic (exact) mass is 410 g/mol. The van der Waals surface area contributed by atoms with Gasteiger partial charge in [0.1, 0.15) is 0 Å². The smallest absolute Gasteiger partial charge is 0 e. The molecule has 0 fully saturated rings. The predicted molar refractivity (Wildman–Crippen MR) is 63.6 cm³/mol. The Morgan fingerprint density at radius 1 is 1.31 bits per heavy atom. The second-order valence-corrected chi connectivity index (χ2v) is 1.86. The second kappa shape index (κ2) is 29.2. The molecule has 0 aromatic heterocycles. The van der Waals surface area contributed by atoms with Crippen LogP contribution in [0.2, 0.25) is 0 Å². The Kier molecular flexibility index (Phi) is 65.7. The molecule has 80 valence electrons. The zero-order chi connectivity index (χ0) is 6.95. The number of hydrogen-bond donors (Lipinski definition) is 0. The van der Waals surface area contributed by atoms with Crippen molar-refractivity contribution in [2.24, 2.45) is 0 Å². The van der Waals surface area contributed by atoms with Crippen molar-refractivity contribution in [3.63, 3.8) is 0 Å². The van der Waals surface area contributed by atoms with E-state index >= 15 is 0 Å². The minimum Gasteiger partial charge on any atom is -0.343 e. The van der Waals surface area contributed by atoms with Gasteiger partial charge in [-0.05, 0) is 0 Å². The number of hydrogen-bond acceptors (Lipinski definition) is 0. The summed E-state index contributed by atoms with van der Waals surface area (Å²) in [5.74, 6) is 0. The van der Waals surface area contributed by atoms with E-state index in [9.17, 15) is 0 Å². The SMILES string of the molecule is Cl.Cl.Cl.[C-]1=CC=CC1.[CH2-]CCC.[Hf]. The van der Waals surface area contributed by atoms with E-state index in [-0.39, 0.29) is 63.1 Å². The van der Waals surface area contributed by atoms with Crippen LogP contribution in [-0.2, 0) is 25.8 Å². The van der Waals surface area contributed by atoms with E-state index in [1.54, 1.807) is 0 Å². The third-order valence-electron chi connectivity index (χ3n) is 0.939. The Labute approximate surface area is 120 Å². The van der Waals surface area contributed by atoms with Gasteiger partial charge in [0.2, 0.25) is 0 Å². The first-order valence-corrected chi connectivity index (χ1v) is 3.42. The largest absolute Gasteiger partial charge is 0.343 e. The molecule has 0 heterocycles. The number of unbranched alkanes of at least 4 members (excludes halogenated alkanes) is 1. The van der Waals surface area contributed by atoms with Crippen molar-refractivity contribution < 1.29 is 25.8 Å². The normalized spacial score (nSPS) is 9.08. The van der Waals surface area contributed by atoms with Crippen molar-refractivity contribution >= 4 is 37.2 Å². The maximum Gasteiger partial charge on any atom is 0 e. The van der Waals surface area contributed by atoms with Crippen LogP contribution in [0.5, 0.6) is 0 Å². The van der Waals surface area contributed by atoms with Gasteiger partial charge < -0.3 is 6.92 Å². The summed E-state index contributed by atoms with van der Waals surface area (Å²) in [7, 11) is 0. The van der Waals surface area contributed by atoms with Gasteiger partial charge in [0.05, 0.1) is 0 Å². The third kappa shape index (κ3) is 31.9. The fourth-order valence-corrected chi connectivity index (χ4v) is 0.340. The van der Waals surface area contributed by atoms with Crippen LogP contribution in [0.3, 0.4) is 0 Å². The molecule has 0 unspecified atom stereocenters. The van der Waals surface area contributed by atoms with E-state index in [0.717, 1.165) is 12.8 Å². The summed E-state index contributed by atoms with van der Waals surface area (Å²) in [4.78, 5) is 0. The summed E-state index contributed by atoms with van der Waals surface area (Å²) >= 11 is 0. The molecule has 0 nitrogen and oxygen atoms in total. The summed E-state index contributed by atoms with van der Waals surface area (Å²) in [6, 6.07) is 0. The number of halogens is 3. The zero-order valence-corrected chi connectivity index (χ0v) is 13.8. The molecule has 1 rings (SSSR count). The van der Waals surface area contributed by atoms with Gasteiger partial charge in [-0.2, -0.15) is 12.5 Å². The maximum absolute atomic E-state index is 3.60. The molecule has 0 aliphatic heterocycles. The molecule has 0 aromatic rings. The van der Waals surface area contributed by atoms with Crippen LogP contribution in [0.1, 0.15) is 26.2 Å². The molecule has 0 spiro atoms. The van der Waals surface area contributed by atoms with Crippen molar-refractivity contribution in [2.75, 3.05) is 0 Å². The molecule has 0 atom stereocenters. The van der Waals surface area contributed by atoms with E-state index in [1.807, 2.05) is 12.2 Å². The summed E-state index contributed by atoms with van der Waals surface area (Å²) in [5, 5.41) is 0. The first-order valence-electron chi connectivity index (χ1n) is 3.42. The summed E-state index contributed by atoms with van der Waals surface area (Å²) in [6.45, 7) is 5.72. The average molecular weight is 410 g/mol. The van der Waals surface area contributed by atoms with Gasteiger partial charge in [0.15, 0.2) is 0 Å². The van der Waals surface area contributed by atoms with Crippen LogP contribution in [0.15, 0.2) is 18.2 Å². The Balaban J connectivity index is -0.0000000256. The molecule has 4 heteroatoms. The molecule has 0 bridgehead atoms. The van der Waals surface area contributed by atoms with Gasteiger partial charge in [0.25, 0.3) is 0 Å². The van der Waals surface area contributed by atoms with E-state index < -0.39 is 0 Å². The van der Waals surface area contributed by atoms with E-state index in [0.29, 0.717) is 0 Å². The molecule has 0 saturated carbocycles. The molecular formula is C9H17Cl3Hf-2. The van der Waals surface area contributed by atoms with Gasteiger partial charge in [0, 0.05) is 25.8 Å². The second-order valence-electron chi connectivity index (χ2n) is 1.86. The van der Waals surface area contributed by atoms with Crippen LogP contribution in [0.4, 0.5) is 0 Å².